The third-order valence-corrected chi connectivity index (χ3v) is 5.57. The minimum Gasteiger partial charge on any atom is -0.267 e. The Labute approximate surface area is 163 Å². The van der Waals surface area contributed by atoms with Crippen LogP contribution in [0.3, 0.4) is 0 Å². The second kappa shape index (κ2) is 6.48. The Bertz CT molecular complexity index is 911. The van der Waals surface area contributed by atoms with Crippen LogP contribution in [0.25, 0.3) is 0 Å². The minimum atomic E-state index is -7.03. The van der Waals surface area contributed by atoms with Gasteiger partial charge in [0.1, 0.15) is 0 Å². The van der Waals surface area contributed by atoms with Crippen LogP contribution in [0.1, 0.15) is 20.7 Å². The van der Waals surface area contributed by atoms with E-state index in [1.807, 2.05) is 0 Å². The van der Waals surface area contributed by atoms with Crippen LogP contribution in [0, 0.1) is 0 Å². The first kappa shape index (κ1) is 22.7. The van der Waals surface area contributed by atoms with Crippen LogP contribution in [0.15, 0.2) is 24.3 Å². The van der Waals surface area contributed by atoms with Gasteiger partial charge in [0, 0.05) is 22.6 Å². The SMILES string of the molecule is O=C1c2ccccc2C(=O)N1S(=O)(=O)C(F)(F)C(F)(F)OC(F)(F)C(F)(F)I. The molecule has 0 atom stereocenters. The second-order valence-electron chi connectivity index (χ2n) is 5.08. The van der Waals surface area contributed by atoms with Crippen LogP contribution < -0.4 is 0 Å². The lowest BCUT2D eigenvalue weighted by molar-refractivity contribution is -0.438. The summed E-state index contributed by atoms with van der Waals surface area (Å²) in [4.78, 5) is 23.8. The van der Waals surface area contributed by atoms with Gasteiger partial charge in [0.05, 0.1) is 11.1 Å². The van der Waals surface area contributed by atoms with Crippen molar-refractivity contribution in [2.45, 2.75) is 21.4 Å². The fraction of sp³-hybridized carbons (Fsp3) is 0.333. The van der Waals surface area contributed by atoms with Gasteiger partial charge < -0.3 is 0 Å². The van der Waals surface area contributed by atoms with Crippen molar-refractivity contribution in [3.63, 3.8) is 0 Å². The fourth-order valence-corrected chi connectivity index (χ4v) is 3.24. The molecule has 1 heterocycles. The smallest absolute Gasteiger partial charge is 0.267 e. The van der Waals surface area contributed by atoms with E-state index >= 15 is 0 Å². The normalized spacial score (nSPS) is 16.5. The Balaban J connectivity index is 2.50. The van der Waals surface area contributed by atoms with Gasteiger partial charge in [0.2, 0.25) is 0 Å². The van der Waals surface area contributed by atoms with E-state index in [0.29, 0.717) is 0 Å². The summed E-state index contributed by atoms with van der Waals surface area (Å²) in [5.41, 5.74) is -1.50. The summed E-state index contributed by atoms with van der Waals surface area (Å²) in [7, 11) is -7.03. The number of carbonyl (C=O) groups is 2. The molecule has 156 valence electrons. The molecule has 0 aromatic heterocycles. The second-order valence-corrected chi connectivity index (χ2v) is 8.26. The number of ether oxygens (including phenoxy) is 1. The molecule has 1 aliphatic heterocycles. The number of imide groups is 1. The number of hydrogen-bond donors (Lipinski definition) is 0. The number of amides is 2. The lowest BCUT2D eigenvalue weighted by Gasteiger charge is -2.31. The molecule has 16 heteroatoms. The Kier molecular flexibility index (Phi) is 5.26. The highest BCUT2D eigenvalue weighted by Gasteiger charge is 2.76. The van der Waals surface area contributed by atoms with Crippen molar-refractivity contribution in [3.05, 3.63) is 35.4 Å². The number of nitrogens with zero attached hydrogens (tertiary/aromatic N) is 1. The number of benzene rings is 1. The molecule has 0 saturated heterocycles. The fourth-order valence-electron chi connectivity index (χ4n) is 1.93. The number of alkyl halides is 9. The first-order valence-corrected chi connectivity index (χ1v) is 9.03. The topological polar surface area (TPSA) is 80.8 Å². The molecule has 2 amide bonds. The van der Waals surface area contributed by atoms with E-state index in [4.69, 9.17) is 0 Å². The summed E-state index contributed by atoms with van der Waals surface area (Å²) in [5.74, 6) is -3.94. The third-order valence-electron chi connectivity index (χ3n) is 3.25. The molecule has 0 saturated carbocycles. The molecule has 28 heavy (non-hydrogen) atoms. The van der Waals surface area contributed by atoms with Crippen molar-refractivity contribution in [2.75, 3.05) is 0 Å². The van der Waals surface area contributed by atoms with Gasteiger partial charge in [-0.2, -0.15) is 47.8 Å². The van der Waals surface area contributed by atoms with Crippen molar-refractivity contribution >= 4 is 44.4 Å². The van der Waals surface area contributed by atoms with Crippen molar-refractivity contribution < 1.29 is 57.9 Å². The van der Waals surface area contributed by atoms with E-state index in [9.17, 15) is 53.1 Å². The number of rotatable bonds is 6. The van der Waals surface area contributed by atoms with Crippen LogP contribution in [0.2, 0.25) is 0 Å². The molecule has 0 spiro atoms. The van der Waals surface area contributed by atoms with E-state index in [1.165, 1.54) is 0 Å². The molecule has 0 bridgehead atoms. The molecule has 0 N–H and O–H groups in total. The van der Waals surface area contributed by atoms with Crippen molar-refractivity contribution in [1.82, 2.24) is 4.31 Å². The maximum Gasteiger partial charge on any atom is 0.454 e. The number of sulfonamides is 1. The summed E-state index contributed by atoms with van der Waals surface area (Å²) in [6.45, 7) is 0. The van der Waals surface area contributed by atoms with E-state index in [1.54, 1.807) is 0 Å². The monoisotopic (exact) mass is 553 g/mol. The van der Waals surface area contributed by atoms with Gasteiger partial charge in [-0.25, -0.2) is 4.74 Å². The summed E-state index contributed by atoms with van der Waals surface area (Å²) >= 11 is -0.401. The molecule has 1 aliphatic rings. The molecule has 6 nitrogen and oxygen atoms in total. The highest BCUT2D eigenvalue weighted by molar-refractivity contribution is 14.1. The van der Waals surface area contributed by atoms with Crippen molar-refractivity contribution in [3.8, 4) is 0 Å². The lowest BCUT2D eigenvalue weighted by atomic mass is 10.1. The van der Waals surface area contributed by atoms with Crippen molar-refractivity contribution in [2.24, 2.45) is 0 Å². The maximum atomic E-state index is 13.9. The predicted octanol–water partition coefficient (Wildman–Crippen LogP) is 3.44. The van der Waals surface area contributed by atoms with Crippen LogP contribution >= 0.6 is 22.6 Å². The third kappa shape index (κ3) is 3.23. The van der Waals surface area contributed by atoms with Crippen LogP contribution in [0.5, 0.6) is 0 Å². The molecule has 0 radical (unpaired) electrons. The zero-order valence-corrected chi connectivity index (χ0v) is 15.6. The Morgan fingerprint density at radius 2 is 1.21 bits per heavy atom. The average Bonchev–Trinajstić information content (AvgIpc) is 2.77. The summed E-state index contributed by atoms with van der Waals surface area (Å²) in [6, 6.07) is 3.78. The van der Waals surface area contributed by atoms with Crippen LogP contribution in [-0.2, 0) is 14.8 Å². The highest BCUT2D eigenvalue weighted by atomic mass is 127. The molecular formula is C12H4F8INO5S. The summed E-state index contributed by atoms with van der Waals surface area (Å²) in [6.07, 6.45) is -13.0. The quantitative estimate of drug-likeness (QED) is 0.234. The van der Waals surface area contributed by atoms with Crippen LogP contribution in [0.4, 0.5) is 35.1 Å². The first-order chi connectivity index (χ1) is 12.4. The van der Waals surface area contributed by atoms with E-state index < -0.39 is 81.3 Å². The predicted molar refractivity (Wildman–Crippen MR) is 80.8 cm³/mol. The first-order valence-electron chi connectivity index (χ1n) is 6.51. The van der Waals surface area contributed by atoms with Gasteiger partial charge in [0.15, 0.2) is 0 Å². The largest absolute Gasteiger partial charge is 0.454 e. The van der Waals surface area contributed by atoms with E-state index in [-0.39, 0.29) is 0 Å². The Hall–Kier alpha value is -1.56. The molecule has 1 aromatic rings. The molecule has 1 aromatic carbocycles. The van der Waals surface area contributed by atoms with Gasteiger partial charge in [-0.3, -0.25) is 9.59 Å². The Morgan fingerprint density at radius 1 is 0.821 bits per heavy atom. The molecule has 0 aliphatic carbocycles. The minimum absolute atomic E-state index is 0.401. The molecule has 0 fully saturated rings. The number of hydrogen-bond acceptors (Lipinski definition) is 5. The van der Waals surface area contributed by atoms with Gasteiger partial charge in [0.25, 0.3) is 11.8 Å². The standard InChI is InChI=1S/C12H4F8INO5S/c13-9(14,21)10(15,16)27-11(17,18)12(19,20)28(25,26)22-7(23)5-3-1-2-4-6(5)8(22)24/h1-4H. The van der Waals surface area contributed by atoms with E-state index in [0.717, 1.165) is 24.3 Å². The lowest BCUT2D eigenvalue weighted by Crippen LogP contribution is -2.59. The molecule has 0 unspecified atom stereocenters. The summed E-state index contributed by atoms with van der Waals surface area (Å²) < 4.78 is 125. The van der Waals surface area contributed by atoms with Gasteiger partial charge in [-0.15, -0.1) is 0 Å². The van der Waals surface area contributed by atoms with E-state index in [2.05, 4.69) is 4.74 Å². The maximum absolute atomic E-state index is 13.9. The summed E-state index contributed by atoms with van der Waals surface area (Å²) in [5, 5.41) is -6.71. The van der Waals surface area contributed by atoms with Gasteiger partial charge >= 0.3 is 31.4 Å². The average molecular weight is 553 g/mol. The van der Waals surface area contributed by atoms with Crippen LogP contribution in [-0.4, -0.2) is 45.9 Å². The highest BCUT2D eigenvalue weighted by Crippen LogP contribution is 2.50. The zero-order chi connectivity index (χ0) is 21.9. The Morgan fingerprint density at radius 3 is 1.57 bits per heavy atom. The van der Waals surface area contributed by atoms with Crippen molar-refractivity contribution in [1.29, 1.82) is 0 Å². The number of fused-ring (bicyclic) bond motifs is 1. The number of halogens is 9. The molecule has 2 rings (SSSR count). The zero-order valence-electron chi connectivity index (χ0n) is 12.6. The molecular weight excluding hydrogens is 549 g/mol. The van der Waals surface area contributed by atoms with Gasteiger partial charge in [-0.1, -0.05) is 12.1 Å². The van der Waals surface area contributed by atoms with Gasteiger partial charge in [-0.05, 0) is 12.1 Å². The number of carbonyl (C=O) groups excluding carboxylic acids is 2.